The van der Waals surface area contributed by atoms with E-state index in [4.69, 9.17) is 16.6 Å². The van der Waals surface area contributed by atoms with E-state index in [0.29, 0.717) is 5.56 Å². The maximum atomic E-state index is 10.7. The summed E-state index contributed by atoms with van der Waals surface area (Å²) in [5.41, 5.74) is 11.8. The summed E-state index contributed by atoms with van der Waals surface area (Å²) in [6.45, 7) is 0.240. The number of nitrogens with two attached hydrogens (primary N) is 2. The third-order valence-electron chi connectivity index (χ3n) is 1.84. The summed E-state index contributed by atoms with van der Waals surface area (Å²) < 4.78 is 0. The third kappa shape index (κ3) is 2.70. The number of aromatic carboxylic acids is 1. The lowest BCUT2D eigenvalue weighted by Gasteiger charge is -2.11. The Morgan fingerprint density at radius 1 is 1.43 bits per heavy atom. The van der Waals surface area contributed by atoms with Crippen molar-refractivity contribution in [3.05, 3.63) is 35.4 Å². The first-order valence-corrected chi connectivity index (χ1v) is 3.94. The number of hydrogen-bond donors (Lipinski definition) is 3. The van der Waals surface area contributed by atoms with E-state index in [1.54, 1.807) is 18.2 Å². The van der Waals surface area contributed by atoms with Crippen LogP contribution in [0.15, 0.2) is 24.3 Å². The average molecular weight is 217 g/mol. The minimum Gasteiger partial charge on any atom is -0.478 e. The molecule has 0 fully saturated rings. The second-order valence-electron chi connectivity index (χ2n) is 2.73. The lowest BCUT2D eigenvalue weighted by molar-refractivity contribution is 0.0695. The van der Waals surface area contributed by atoms with E-state index in [1.807, 2.05) is 0 Å². The van der Waals surface area contributed by atoms with Gasteiger partial charge in [-0.15, -0.1) is 12.4 Å². The number of hydrogen-bond acceptors (Lipinski definition) is 3. The predicted molar refractivity (Wildman–Crippen MR) is 56.6 cm³/mol. The van der Waals surface area contributed by atoms with Gasteiger partial charge in [0.25, 0.3) is 0 Å². The molecule has 1 aromatic rings. The van der Waals surface area contributed by atoms with Gasteiger partial charge in [0.15, 0.2) is 0 Å². The van der Waals surface area contributed by atoms with Gasteiger partial charge >= 0.3 is 5.97 Å². The molecule has 0 aliphatic rings. The van der Waals surface area contributed by atoms with Gasteiger partial charge in [0, 0.05) is 12.6 Å². The summed E-state index contributed by atoms with van der Waals surface area (Å²) in [4.78, 5) is 10.7. The molecule has 0 spiro atoms. The molecular formula is C9H13ClN2O2. The smallest absolute Gasteiger partial charge is 0.336 e. The highest BCUT2D eigenvalue weighted by Gasteiger charge is 2.13. The van der Waals surface area contributed by atoms with Crippen LogP contribution in [0.5, 0.6) is 0 Å². The van der Waals surface area contributed by atoms with Crippen molar-refractivity contribution >= 4 is 18.4 Å². The molecule has 0 heterocycles. The quantitative estimate of drug-likeness (QED) is 0.696. The van der Waals surface area contributed by atoms with Crippen LogP contribution in [0.25, 0.3) is 0 Å². The first kappa shape index (κ1) is 12.9. The molecule has 78 valence electrons. The van der Waals surface area contributed by atoms with Crippen molar-refractivity contribution in [3.8, 4) is 0 Å². The van der Waals surface area contributed by atoms with E-state index in [0.717, 1.165) is 0 Å². The minimum absolute atomic E-state index is 0. The second-order valence-corrected chi connectivity index (χ2v) is 2.73. The Hall–Kier alpha value is -1.10. The SMILES string of the molecule is Cl.NC[C@H](N)c1ccccc1C(=O)O. The number of benzene rings is 1. The Kier molecular flexibility index (Phi) is 5.15. The standard InChI is InChI=1S/C9H12N2O2.ClH/c10-5-8(11)6-3-1-2-4-7(6)9(12)13;/h1-4,8H,5,10-11H2,(H,12,13);1H/t8-;/m0./s1. The first-order chi connectivity index (χ1) is 6.16. The Balaban J connectivity index is 0.00000169. The lowest BCUT2D eigenvalue weighted by atomic mass is 10.0. The summed E-state index contributed by atoms with van der Waals surface area (Å²) in [5.74, 6) is -0.973. The Morgan fingerprint density at radius 2 is 2.00 bits per heavy atom. The molecule has 0 bridgehead atoms. The van der Waals surface area contributed by atoms with Crippen LogP contribution in [-0.2, 0) is 0 Å². The Labute approximate surface area is 88.3 Å². The predicted octanol–water partition coefficient (Wildman–Crippen LogP) is 0.765. The molecular weight excluding hydrogens is 204 g/mol. The number of halogens is 1. The number of carboxylic acids is 1. The summed E-state index contributed by atoms with van der Waals surface area (Å²) >= 11 is 0. The summed E-state index contributed by atoms with van der Waals surface area (Å²) in [5, 5.41) is 8.81. The molecule has 0 aromatic heterocycles. The highest BCUT2D eigenvalue weighted by Crippen LogP contribution is 2.14. The number of carbonyl (C=O) groups is 1. The lowest BCUT2D eigenvalue weighted by Crippen LogP contribution is -2.23. The molecule has 1 aromatic carbocycles. The second kappa shape index (κ2) is 5.59. The summed E-state index contributed by atoms with van der Waals surface area (Å²) in [6.07, 6.45) is 0. The van der Waals surface area contributed by atoms with Gasteiger partial charge in [-0.2, -0.15) is 0 Å². The Morgan fingerprint density at radius 3 is 2.50 bits per heavy atom. The largest absolute Gasteiger partial charge is 0.478 e. The van der Waals surface area contributed by atoms with E-state index < -0.39 is 12.0 Å². The van der Waals surface area contributed by atoms with E-state index in [1.165, 1.54) is 6.07 Å². The van der Waals surface area contributed by atoms with E-state index >= 15 is 0 Å². The van der Waals surface area contributed by atoms with Crippen molar-refractivity contribution in [1.82, 2.24) is 0 Å². The zero-order chi connectivity index (χ0) is 9.84. The van der Waals surface area contributed by atoms with Gasteiger partial charge in [-0.25, -0.2) is 4.79 Å². The van der Waals surface area contributed by atoms with Gasteiger partial charge in [-0.1, -0.05) is 18.2 Å². The fourth-order valence-corrected chi connectivity index (χ4v) is 1.14. The van der Waals surface area contributed by atoms with Crippen molar-refractivity contribution in [2.75, 3.05) is 6.54 Å². The zero-order valence-corrected chi connectivity index (χ0v) is 8.33. The van der Waals surface area contributed by atoms with Crippen LogP contribution in [0, 0.1) is 0 Å². The van der Waals surface area contributed by atoms with Crippen LogP contribution in [0.4, 0.5) is 0 Å². The minimum atomic E-state index is -0.973. The third-order valence-corrected chi connectivity index (χ3v) is 1.84. The monoisotopic (exact) mass is 216 g/mol. The van der Waals surface area contributed by atoms with Gasteiger partial charge < -0.3 is 16.6 Å². The van der Waals surface area contributed by atoms with Crippen LogP contribution < -0.4 is 11.5 Å². The Bertz CT molecular complexity index is 317. The van der Waals surface area contributed by atoms with Gasteiger partial charge in [-0.05, 0) is 11.6 Å². The zero-order valence-electron chi connectivity index (χ0n) is 7.51. The van der Waals surface area contributed by atoms with Gasteiger partial charge in [0.05, 0.1) is 5.56 Å². The molecule has 1 atom stereocenters. The topological polar surface area (TPSA) is 89.3 Å². The van der Waals surface area contributed by atoms with E-state index in [-0.39, 0.29) is 24.5 Å². The molecule has 0 unspecified atom stereocenters. The molecule has 5 N–H and O–H groups in total. The maximum Gasteiger partial charge on any atom is 0.336 e. The number of carboxylic acid groups (broad SMARTS) is 1. The fourth-order valence-electron chi connectivity index (χ4n) is 1.14. The maximum absolute atomic E-state index is 10.7. The van der Waals surface area contributed by atoms with Gasteiger partial charge in [0.1, 0.15) is 0 Å². The molecule has 4 nitrogen and oxygen atoms in total. The van der Waals surface area contributed by atoms with E-state index in [2.05, 4.69) is 0 Å². The van der Waals surface area contributed by atoms with Crippen molar-refractivity contribution in [2.45, 2.75) is 6.04 Å². The molecule has 1 rings (SSSR count). The van der Waals surface area contributed by atoms with Crippen LogP contribution in [0.3, 0.4) is 0 Å². The van der Waals surface area contributed by atoms with Gasteiger partial charge in [-0.3, -0.25) is 0 Å². The molecule has 0 saturated carbocycles. The van der Waals surface area contributed by atoms with Crippen molar-refractivity contribution in [3.63, 3.8) is 0 Å². The fraction of sp³-hybridized carbons (Fsp3) is 0.222. The molecule has 14 heavy (non-hydrogen) atoms. The average Bonchev–Trinajstić information content (AvgIpc) is 2.16. The van der Waals surface area contributed by atoms with Crippen molar-refractivity contribution < 1.29 is 9.90 Å². The van der Waals surface area contributed by atoms with Gasteiger partial charge in [0.2, 0.25) is 0 Å². The van der Waals surface area contributed by atoms with Crippen molar-refractivity contribution in [2.24, 2.45) is 11.5 Å². The first-order valence-electron chi connectivity index (χ1n) is 3.94. The molecule has 0 aliphatic heterocycles. The summed E-state index contributed by atoms with van der Waals surface area (Å²) in [7, 11) is 0. The molecule has 5 heteroatoms. The number of rotatable bonds is 3. The van der Waals surface area contributed by atoms with Crippen LogP contribution >= 0.6 is 12.4 Å². The molecule has 0 saturated heterocycles. The van der Waals surface area contributed by atoms with Crippen LogP contribution in [-0.4, -0.2) is 17.6 Å². The normalized spacial score (nSPS) is 11.6. The van der Waals surface area contributed by atoms with E-state index in [9.17, 15) is 4.79 Å². The molecule has 0 amide bonds. The highest BCUT2D eigenvalue weighted by molar-refractivity contribution is 5.89. The van der Waals surface area contributed by atoms with Crippen LogP contribution in [0.1, 0.15) is 22.0 Å². The highest BCUT2D eigenvalue weighted by atomic mass is 35.5. The van der Waals surface area contributed by atoms with Crippen molar-refractivity contribution in [1.29, 1.82) is 0 Å². The molecule has 0 radical (unpaired) electrons. The molecule has 0 aliphatic carbocycles. The summed E-state index contributed by atoms with van der Waals surface area (Å²) in [6, 6.07) is 6.20. The van der Waals surface area contributed by atoms with Crippen LogP contribution in [0.2, 0.25) is 0 Å².